The van der Waals surface area contributed by atoms with Crippen LogP contribution in [-0.4, -0.2) is 27.9 Å². The standard InChI is InChI=1S/C18H23NO4/c1-17(2,3)22-13-15(21)19(16(13)23-18(4,5)6)14(20)12-10-8-7-9-11-12/h7-11H,1-6H3. The van der Waals surface area contributed by atoms with Gasteiger partial charge in [0.2, 0.25) is 5.76 Å². The van der Waals surface area contributed by atoms with E-state index in [0.29, 0.717) is 5.56 Å². The summed E-state index contributed by atoms with van der Waals surface area (Å²) in [6, 6.07) is 8.63. The fourth-order valence-electron chi connectivity index (χ4n) is 2.00. The van der Waals surface area contributed by atoms with Crippen molar-refractivity contribution in [2.45, 2.75) is 52.7 Å². The fraction of sp³-hybridized carbons (Fsp3) is 0.444. The van der Waals surface area contributed by atoms with Crippen LogP contribution in [0.25, 0.3) is 0 Å². The zero-order valence-corrected chi connectivity index (χ0v) is 14.5. The van der Waals surface area contributed by atoms with Crippen LogP contribution in [-0.2, 0) is 14.3 Å². The Morgan fingerprint density at radius 1 is 0.913 bits per heavy atom. The molecule has 5 nitrogen and oxygen atoms in total. The maximum atomic E-state index is 12.6. The number of carbonyl (C=O) groups is 2. The van der Waals surface area contributed by atoms with Crippen molar-refractivity contribution in [3.63, 3.8) is 0 Å². The molecular weight excluding hydrogens is 294 g/mol. The largest absolute Gasteiger partial charge is 0.478 e. The minimum Gasteiger partial charge on any atom is -0.478 e. The predicted molar refractivity (Wildman–Crippen MR) is 86.3 cm³/mol. The topological polar surface area (TPSA) is 55.8 Å². The van der Waals surface area contributed by atoms with Gasteiger partial charge in [-0.15, -0.1) is 0 Å². The van der Waals surface area contributed by atoms with Gasteiger partial charge in [0.05, 0.1) is 0 Å². The molecule has 0 radical (unpaired) electrons. The quantitative estimate of drug-likeness (QED) is 0.801. The number of imide groups is 1. The summed E-state index contributed by atoms with van der Waals surface area (Å²) < 4.78 is 11.5. The van der Waals surface area contributed by atoms with Gasteiger partial charge in [0, 0.05) is 5.56 Å². The smallest absolute Gasteiger partial charge is 0.308 e. The van der Waals surface area contributed by atoms with E-state index in [9.17, 15) is 9.59 Å². The zero-order chi connectivity index (χ0) is 17.4. The van der Waals surface area contributed by atoms with Gasteiger partial charge in [0.1, 0.15) is 11.2 Å². The molecule has 124 valence electrons. The second kappa shape index (κ2) is 5.72. The molecule has 5 heteroatoms. The van der Waals surface area contributed by atoms with E-state index in [2.05, 4.69) is 0 Å². The molecule has 1 aromatic rings. The Labute approximate surface area is 136 Å². The molecule has 0 saturated carbocycles. The summed E-state index contributed by atoms with van der Waals surface area (Å²) in [5.74, 6) is -0.632. The minimum atomic E-state index is -0.558. The van der Waals surface area contributed by atoms with Gasteiger partial charge < -0.3 is 9.47 Å². The molecule has 0 aromatic heterocycles. The lowest BCUT2D eigenvalue weighted by molar-refractivity contribution is -0.144. The molecule has 1 aliphatic heterocycles. The Kier molecular flexibility index (Phi) is 4.24. The molecular formula is C18H23NO4. The molecule has 1 heterocycles. The van der Waals surface area contributed by atoms with Crippen molar-refractivity contribution in [2.24, 2.45) is 0 Å². The summed E-state index contributed by atoms with van der Waals surface area (Å²) >= 11 is 0. The summed E-state index contributed by atoms with van der Waals surface area (Å²) in [4.78, 5) is 26.0. The molecule has 0 N–H and O–H groups in total. The van der Waals surface area contributed by atoms with Gasteiger partial charge in [-0.25, -0.2) is 4.90 Å². The predicted octanol–water partition coefficient (Wildman–Crippen LogP) is 3.47. The van der Waals surface area contributed by atoms with Gasteiger partial charge in [-0.1, -0.05) is 18.2 Å². The molecule has 2 rings (SSSR count). The van der Waals surface area contributed by atoms with Crippen LogP contribution in [0.4, 0.5) is 0 Å². The third-order valence-corrected chi connectivity index (χ3v) is 2.83. The first kappa shape index (κ1) is 17.1. The van der Waals surface area contributed by atoms with Crippen molar-refractivity contribution in [3.05, 3.63) is 47.5 Å². The van der Waals surface area contributed by atoms with E-state index in [0.717, 1.165) is 4.90 Å². The first-order valence-corrected chi connectivity index (χ1v) is 7.56. The first-order valence-electron chi connectivity index (χ1n) is 7.56. The van der Waals surface area contributed by atoms with Crippen LogP contribution in [0.2, 0.25) is 0 Å². The van der Waals surface area contributed by atoms with Crippen LogP contribution in [0.1, 0.15) is 51.9 Å². The minimum absolute atomic E-state index is 0.0942. The molecule has 2 amide bonds. The van der Waals surface area contributed by atoms with Crippen LogP contribution in [0.5, 0.6) is 0 Å². The van der Waals surface area contributed by atoms with Gasteiger partial charge in [-0.3, -0.25) is 9.59 Å². The van der Waals surface area contributed by atoms with Crippen molar-refractivity contribution in [2.75, 3.05) is 0 Å². The van der Waals surface area contributed by atoms with Gasteiger partial charge in [0.25, 0.3) is 11.8 Å². The Morgan fingerprint density at radius 3 is 1.91 bits per heavy atom. The van der Waals surface area contributed by atoms with Crippen molar-refractivity contribution in [3.8, 4) is 0 Å². The molecule has 0 unspecified atom stereocenters. The third kappa shape index (κ3) is 3.92. The molecule has 0 spiro atoms. The second-order valence-corrected chi connectivity index (χ2v) is 7.37. The van der Waals surface area contributed by atoms with Crippen LogP contribution in [0, 0.1) is 0 Å². The summed E-state index contributed by atoms with van der Waals surface area (Å²) in [6.07, 6.45) is 0. The molecule has 0 saturated heterocycles. The fourth-order valence-corrected chi connectivity index (χ4v) is 2.00. The monoisotopic (exact) mass is 317 g/mol. The second-order valence-electron chi connectivity index (χ2n) is 7.37. The Balaban J connectivity index is 2.36. The molecule has 1 aromatic carbocycles. The van der Waals surface area contributed by atoms with Crippen molar-refractivity contribution in [1.29, 1.82) is 0 Å². The van der Waals surface area contributed by atoms with E-state index in [1.165, 1.54) is 0 Å². The lowest BCUT2D eigenvalue weighted by Gasteiger charge is -2.38. The number of amides is 2. The maximum Gasteiger partial charge on any atom is 0.308 e. The van der Waals surface area contributed by atoms with Crippen molar-refractivity contribution < 1.29 is 19.1 Å². The number of ether oxygens (including phenoxy) is 2. The molecule has 0 atom stereocenters. The summed E-state index contributed by atoms with van der Waals surface area (Å²) in [5.41, 5.74) is -0.692. The lowest BCUT2D eigenvalue weighted by atomic mass is 10.1. The number of carbonyl (C=O) groups excluding carboxylic acids is 2. The van der Waals surface area contributed by atoms with Gasteiger partial charge >= 0.3 is 5.91 Å². The van der Waals surface area contributed by atoms with Crippen molar-refractivity contribution >= 4 is 11.8 Å². The van der Waals surface area contributed by atoms with E-state index >= 15 is 0 Å². The van der Waals surface area contributed by atoms with Crippen LogP contribution < -0.4 is 0 Å². The highest BCUT2D eigenvalue weighted by atomic mass is 16.6. The van der Waals surface area contributed by atoms with E-state index in [4.69, 9.17) is 9.47 Å². The third-order valence-electron chi connectivity index (χ3n) is 2.83. The average Bonchev–Trinajstić information content (AvgIpc) is 2.43. The highest BCUT2D eigenvalue weighted by Crippen LogP contribution is 2.34. The summed E-state index contributed by atoms with van der Waals surface area (Å²) in [6.45, 7) is 11.1. The van der Waals surface area contributed by atoms with Crippen LogP contribution in [0.3, 0.4) is 0 Å². The molecule has 0 fully saturated rings. The normalized spacial score (nSPS) is 15.4. The van der Waals surface area contributed by atoms with Gasteiger partial charge in [0.15, 0.2) is 0 Å². The Morgan fingerprint density at radius 2 is 1.43 bits per heavy atom. The Bertz CT molecular complexity index is 648. The molecule has 1 aliphatic rings. The summed E-state index contributed by atoms with van der Waals surface area (Å²) in [5, 5.41) is 0. The average molecular weight is 317 g/mol. The SMILES string of the molecule is CC(C)(C)OC1=C(OC(C)(C)C)N(C(=O)c2ccccc2)C1=O. The lowest BCUT2D eigenvalue weighted by Crippen LogP contribution is -2.50. The zero-order valence-electron chi connectivity index (χ0n) is 14.5. The first-order chi connectivity index (χ1) is 10.5. The molecule has 23 heavy (non-hydrogen) atoms. The van der Waals surface area contributed by atoms with Crippen LogP contribution >= 0.6 is 0 Å². The van der Waals surface area contributed by atoms with Crippen molar-refractivity contribution in [1.82, 2.24) is 4.90 Å². The number of hydrogen-bond donors (Lipinski definition) is 0. The van der Waals surface area contributed by atoms with E-state index < -0.39 is 23.0 Å². The number of rotatable bonds is 3. The highest BCUT2D eigenvalue weighted by molar-refractivity contribution is 6.15. The Hall–Kier alpha value is -2.30. The number of hydrogen-bond acceptors (Lipinski definition) is 4. The summed E-state index contributed by atoms with van der Waals surface area (Å²) in [7, 11) is 0. The highest BCUT2D eigenvalue weighted by Gasteiger charge is 2.47. The van der Waals surface area contributed by atoms with Gasteiger partial charge in [-0.2, -0.15) is 0 Å². The number of nitrogens with zero attached hydrogens (tertiary/aromatic N) is 1. The maximum absolute atomic E-state index is 12.6. The molecule has 0 aliphatic carbocycles. The van der Waals surface area contributed by atoms with E-state index in [1.54, 1.807) is 24.3 Å². The van der Waals surface area contributed by atoms with E-state index in [-0.39, 0.29) is 11.6 Å². The molecule has 0 bridgehead atoms. The van der Waals surface area contributed by atoms with Crippen LogP contribution in [0.15, 0.2) is 42.0 Å². The van der Waals surface area contributed by atoms with Gasteiger partial charge in [-0.05, 0) is 53.7 Å². The number of benzene rings is 1. The van der Waals surface area contributed by atoms with E-state index in [1.807, 2.05) is 47.6 Å².